The van der Waals surface area contributed by atoms with Gasteiger partial charge in [-0.1, -0.05) is 38.1 Å². The van der Waals surface area contributed by atoms with Crippen molar-refractivity contribution < 1.29 is 0 Å². The second-order valence-corrected chi connectivity index (χ2v) is 5.93. The fourth-order valence-corrected chi connectivity index (χ4v) is 2.79. The summed E-state index contributed by atoms with van der Waals surface area (Å²) in [5.74, 6) is 0. The Labute approximate surface area is 118 Å². The normalized spacial score (nSPS) is 16.4. The summed E-state index contributed by atoms with van der Waals surface area (Å²) in [6, 6.07) is 9.56. The van der Waals surface area contributed by atoms with Crippen molar-refractivity contribution in [1.82, 2.24) is 10.2 Å². The standard InChI is InChI=1S/C17H28N2/c1-15(2)18-11-5-6-12-19-13-9-16-7-3-4-8-17(16)10-14-19/h3-4,7-8,15,18H,5-6,9-14H2,1-2H3. The molecule has 0 radical (unpaired) electrons. The molecule has 0 saturated carbocycles. The van der Waals surface area contributed by atoms with Crippen LogP contribution in [0.3, 0.4) is 0 Å². The average Bonchev–Trinajstić information content (AvgIpc) is 2.61. The second kappa shape index (κ2) is 7.66. The van der Waals surface area contributed by atoms with Gasteiger partial charge < -0.3 is 10.2 Å². The first-order chi connectivity index (χ1) is 9.25. The molecule has 0 spiro atoms. The fourth-order valence-electron chi connectivity index (χ4n) is 2.79. The molecule has 0 saturated heterocycles. The largest absolute Gasteiger partial charge is 0.315 e. The van der Waals surface area contributed by atoms with E-state index in [-0.39, 0.29) is 0 Å². The van der Waals surface area contributed by atoms with Gasteiger partial charge in [0.2, 0.25) is 0 Å². The molecule has 106 valence electrons. The van der Waals surface area contributed by atoms with Gasteiger partial charge in [0.05, 0.1) is 0 Å². The minimum atomic E-state index is 0.618. The molecule has 1 aromatic rings. The molecule has 1 N–H and O–H groups in total. The maximum atomic E-state index is 3.49. The molecule has 1 aliphatic rings. The summed E-state index contributed by atoms with van der Waals surface area (Å²) in [6.07, 6.45) is 5.05. The van der Waals surface area contributed by atoms with E-state index in [1.807, 2.05) is 0 Å². The smallest absolute Gasteiger partial charge is 0.00221 e. The van der Waals surface area contributed by atoms with Crippen LogP contribution in [-0.4, -0.2) is 37.1 Å². The molecule has 0 fully saturated rings. The van der Waals surface area contributed by atoms with Crippen LogP contribution in [0.4, 0.5) is 0 Å². The Morgan fingerprint density at radius 2 is 1.68 bits per heavy atom. The lowest BCUT2D eigenvalue weighted by Gasteiger charge is -2.19. The summed E-state index contributed by atoms with van der Waals surface area (Å²) >= 11 is 0. The van der Waals surface area contributed by atoms with Crippen molar-refractivity contribution in [3.05, 3.63) is 35.4 Å². The minimum absolute atomic E-state index is 0.618. The van der Waals surface area contributed by atoms with Gasteiger partial charge in [-0.05, 0) is 49.9 Å². The maximum absolute atomic E-state index is 3.49. The Kier molecular flexibility index (Phi) is 5.87. The average molecular weight is 260 g/mol. The molecule has 2 rings (SSSR count). The first-order valence-corrected chi connectivity index (χ1v) is 7.78. The quantitative estimate of drug-likeness (QED) is 0.791. The summed E-state index contributed by atoms with van der Waals surface area (Å²) in [5.41, 5.74) is 3.12. The zero-order valence-electron chi connectivity index (χ0n) is 12.5. The molecule has 0 bridgehead atoms. The summed E-state index contributed by atoms with van der Waals surface area (Å²) in [4.78, 5) is 2.63. The van der Waals surface area contributed by atoms with Crippen molar-refractivity contribution >= 4 is 0 Å². The number of nitrogens with one attached hydrogen (secondary N) is 1. The zero-order chi connectivity index (χ0) is 13.5. The predicted molar refractivity (Wildman–Crippen MR) is 82.7 cm³/mol. The lowest BCUT2D eigenvalue weighted by molar-refractivity contribution is 0.280. The topological polar surface area (TPSA) is 15.3 Å². The monoisotopic (exact) mass is 260 g/mol. The Bertz CT molecular complexity index is 346. The third kappa shape index (κ3) is 4.96. The van der Waals surface area contributed by atoms with Gasteiger partial charge in [0.25, 0.3) is 0 Å². The van der Waals surface area contributed by atoms with Gasteiger partial charge in [-0.15, -0.1) is 0 Å². The van der Waals surface area contributed by atoms with E-state index in [2.05, 4.69) is 48.3 Å². The summed E-state index contributed by atoms with van der Waals surface area (Å²) in [6.45, 7) is 9.31. The molecular weight excluding hydrogens is 232 g/mol. The summed E-state index contributed by atoms with van der Waals surface area (Å²) in [7, 11) is 0. The van der Waals surface area contributed by atoms with E-state index in [0.717, 1.165) is 6.54 Å². The highest BCUT2D eigenvalue weighted by Crippen LogP contribution is 2.15. The van der Waals surface area contributed by atoms with Gasteiger partial charge in [0.15, 0.2) is 0 Å². The summed E-state index contributed by atoms with van der Waals surface area (Å²) in [5, 5.41) is 3.49. The van der Waals surface area contributed by atoms with Crippen LogP contribution < -0.4 is 5.32 Å². The van der Waals surface area contributed by atoms with Crippen LogP contribution in [0.15, 0.2) is 24.3 Å². The Balaban J connectivity index is 1.67. The van der Waals surface area contributed by atoms with E-state index in [0.29, 0.717) is 6.04 Å². The van der Waals surface area contributed by atoms with E-state index >= 15 is 0 Å². The highest BCUT2D eigenvalue weighted by molar-refractivity contribution is 5.28. The molecular formula is C17H28N2. The van der Waals surface area contributed by atoms with Crippen molar-refractivity contribution in [2.75, 3.05) is 26.2 Å². The van der Waals surface area contributed by atoms with Crippen molar-refractivity contribution in [3.63, 3.8) is 0 Å². The van der Waals surface area contributed by atoms with Crippen LogP contribution >= 0.6 is 0 Å². The number of fused-ring (bicyclic) bond motifs is 1. The Hall–Kier alpha value is -0.860. The number of hydrogen-bond donors (Lipinski definition) is 1. The van der Waals surface area contributed by atoms with Crippen LogP contribution in [0.25, 0.3) is 0 Å². The van der Waals surface area contributed by atoms with Crippen LogP contribution in [0, 0.1) is 0 Å². The van der Waals surface area contributed by atoms with Gasteiger partial charge >= 0.3 is 0 Å². The van der Waals surface area contributed by atoms with Crippen molar-refractivity contribution in [3.8, 4) is 0 Å². The molecule has 0 aliphatic carbocycles. The first-order valence-electron chi connectivity index (χ1n) is 7.78. The van der Waals surface area contributed by atoms with Crippen LogP contribution in [0.2, 0.25) is 0 Å². The zero-order valence-corrected chi connectivity index (χ0v) is 12.5. The van der Waals surface area contributed by atoms with Gasteiger partial charge in [-0.2, -0.15) is 0 Å². The lowest BCUT2D eigenvalue weighted by atomic mass is 10.0. The van der Waals surface area contributed by atoms with Crippen molar-refractivity contribution in [2.45, 2.75) is 45.6 Å². The summed E-state index contributed by atoms with van der Waals surface area (Å²) < 4.78 is 0. The van der Waals surface area contributed by atoms with Gasteiger partial charge in [-0.25, -0.2) is 0 Å². The maximum Gasteiger partial charge on any atom is 0.00221 e. The molecule has 2 heteroatoms. The van der Waals surface area contributed by atoms with E-state index in [4.69, 9.17) is 0 Å². The minimum Gasteiger partial charge on any atom is -0.315 e. The van der Waals surface area contributed by atoms with Crippen LogP contribution in [0.1, 0.15) is 37.8 Å². The van der Waals surface area contributed by atoms with Crippen LogP contribution in [0.5, 0.6) is 0 Å². The van der Waals surface area contributed by atoms with E-state index in [1.54, 1.807) is 11.1 Å². The van der Waals surface area contributed by atoms with Gasteiger partial charge in [0.1, 0.15) is 0 Å². The molecule has 1 aromatic carbocycles. The molecule has 0 aromatic heterocycles. The Morgan fingerprint density at radius 3 is 2.26 bits per heavy atom. The molecule has 0 amide bonds. The van der Waals surface area contributed by atoms with E-state index in [9.17, 15) is 0 Å². The SMILES string of the molecule is CC(C)NCCCCN1CCc2ccccc2CC1. The van der Waals surface area contributed by atoms with E-state index < -0.39 is 0 Å². The number of benzene rings is 1. The highest BCUT2D eigenvalue weighted by Gasteiger charge is 2.12. The second-order valence-electron chi connectivity index (χ2n) is 5.93. The van der Waals surface area contributed by atoms with Gasteiger partial charge in [0, 0.05) is 19.1 Å². The van der Waals surface area contributed by atoms with Crippen molar-refractivity contribution in [1.29, 1.82) is 0 Å². The number of rotatable bonds is 6. The molecule has 19 heavy (non-hydrogen) atoms. The third-order valence-corrected chi connectivity index (χ3v) is 3.97. The highest BCUT2D eigenvalue weighted by atomic mass is 15.1. The van der Waals surface area contributed by atoms with Gasteiger partial charge in [-0.3, -0.25) is 0 Å². The third-order valence-electron chi connectivity index (χ3n) is 3.97. The number of nitrogens with zero attached hydrogens (tertiary/aromatic N) is 1. The molecule has 1 heterocycles. The molecule has 0 atom stereocenters. The fraction of sp³-hybridized carbons (Fsp3) is 0.647. The van der Waals surface area contributed by atoms with Crippen molar-refractivity contribution in [2.24, 2.45) is 0 Å². The number of hydrogen-bond acceptors (Lipinski definition) is 2. The molecule has 2 nitrogen and oxygen atoms in total. The molecule has 1 aliphatic heterocycles. The molecule has 0 unspecified atom stereocenters. The predicted octanol–water partition coefficient (Wildman–Crippen LogP) is 2.87. The first kappa shape index (κ1) is 14.5. The Morgan fingerprint density at radius 1 is 1.05 bits per heavy atom. The van der Waals surface area contributed by atoms with E-state index in [1.165, 1.54) is 45.3 Å². The number of unbranched alkanes of at least 4 members (excludes halogenated alkanes) is 1. The van der Waals surface area contributed by atoms with Crippen LogP contribution in [-0.2, 0) is 12.8 Å². The lowest BCUT2D eigenvalue weighted by Crippen LogP contribution is -2.29.